The largest absolute Gasteiger partial charge is 0.480 e. The van der Waals surface area contributed by atoms with Crippen molar-refractivity contribution in [3.8, 4) is 5.88 Å². The molecular formula is C21H29N5O3. The topological polar surface area (TPSA) is 82.0 Å². The SMILES string of the molecule is COc1ncnc2ccc(N3CCN(CC4(O)CCCN(C(C)=O)C4)CC3)cc12. The van der Waals surface area contributed by atoms with Crippen LogP contribution in [-0.4, -0.2) is 89.3 Å². The second-order valence-electron chi connectivity index (χ2n) is 8.12. The summed E-state index contributed by atoms with van der Waals surface area (Å²) in [5, 5.41) is 11.9. The number of hydrogen-bond acceptors (Lipinski definition) is 7. The third kappa shape index (κ3) is 4.28. The van der Waals surface area contributed by atoms with E-state index in [4.69, 9.17) is 4.74 Å². The Morgan fingerprint density at radius 1 is 1.21 bits per heavy atom. The van der Waals surface area contributed by atoms with Crippen LogP contribution in [0.25, 0.3) is 10.9 Å². The van der Waals surface area contributed by atoms with Gasteiger partial charge < -0.3 is 19.6 Å². The van der Waals surface area contributed by atoms with E-state index in [1.165, 1.54) is 6.33 Å². The van der Waals surface area contributed by atoms with E-state index >= 15 is 0 Å². The number of carbonyl (C=O) groups is 1. The van der Waals surface area contributed by atoms with E-state index in [1.54, 1.807) is 18.9 Å². The van der Waals surface area contributed by atoms with E-state index in [0.29, 0.717) is 19.0 Å². The Kier molecular flexibility index (Phi) is 5.56. The molecule has 2 aliphatic heterocycles. The maximum absolute atomic E-state index is 11.7. The van der Waals surface area contributed by atoms with Gasteiger partial charge in [-0.15, -0.1) is 0 Å². The van der Waals surface area contributed by atoms with E-state index in [9.17, 15) is 9.90 Å². The number of likely N-dealkylation sites (tertiary alicyclic amines) is 1. The van der Waals surface area contributed by atoms with Gasteiger partial charge in [0, 0.05) is 51.9 Å². The minimum absolute atomic E-state index is 0.0451. The summed E-state index contributed by atoms with van der Waals surface area (Å²) >= 11 is 0. The molecule has 0 bridgehead atoms. The molecule has 2 saturated heterocycles. The Morgan fingerprint density at radius 3 is 2.72 bits per heavy atom. The van der Waals surface area contributed by atoms with Crippen LogP contribution in [0.4, 0.5) is 5.69 Å². The molecule has 1 aromatic heterocycles. The van der Waals surface area contributed by atoms with Crippen molar-refractivity contribution in [3.05, 3.63) is 24.5 Å². The van der Waals surface area contributed by atoms with Crippen molar-refractivity contribution in [1.82, 2.24) is 19.8 Å². The highest BCUT2D eigenvalue weighted by atomic mass is 16.5. The van der Waals surface area contributed by atoms with Crippen LogP contribution in [0, 0.1) is 0 Å². The first-order valence-electron chi connectivity index (χ1n) is 10.2. The van der Waals surface area contributed by atoms with Gasteiger partial charge >= 0.3 is 0 Å². The number of ether oxygens (including phenoxy) is 1. The molecule has 2 aromatic rings. The molecule has 156 valence electrons. The number of nitrogens with zero attached hydrogens (tertiary/aromatic N) is 5. The van der Waals surface area contributed by atoms with Crippen LogP contribution < -0.4 is 9.64 Å². The summed E-state index contributed by atoms with van der Waals surface area (Å²) in [6.07, 6.45) is 3.13. The third-order valence-corrected chi connectivity index (χ3v) is 6.03. The number of carbonyl (C=O) groups excluding carboxylic acids is 1. The minimum Gasteiger partial charge on any atom is -0.480 e. The molecule has 2 aliphatic rings. The number of fused-ring (bicyclic) bond motifs is 1. The van der Waals surface area contributed by atoms with Gasteiger partial charge in [-0.1, -0.05) is 0 Å². The lowest BCUT2D eigenvalue weighted by atomic mass is 9.92. The van der Waals surface area contributed by atoms with E-state index in [0.717, 1.165) is 62.2 Å². The lowest BCUT2D eigenvalue weighted by molar-refractivity contribution is -0.137. The zero-order chi connectivity index (χ0) is 20.4. The molecule has 0 aliphatic carbocycles. The summed E-state index contributed by atoms with van der Waals surface area (Å²) < 4.78 is 5.37. The summed E-state index contributed by atoms with van der Waals surface area (Å²) in [6, 6.07) is 6.18. The van der Waals surface area contributed by atoms with Crippen molar-refractivity contribution < 1.29 is 14.6 Å². The van der Waals surface area contributed by atoms with Crippen LogP contribution in [0.15, 0.2) is 24.5 Å². The highest BCUT2D eigenvalue weighted by Gasteiger charge is 2.36. The molecule has 0 radical (unpaired) electrons. The number of aliphatic hydroxyl groups is 1. The summed E-state index contributed by atoms with van der Waals surface area (Å²) in [7, 11) is 1.62. The van der Waals surface area contributed by atoms with E-state index in [-0.39, 0.29) is 5.91 Å². The van der Waals surface area contributed by atoms with Crippen LogP contribution in [0.2, 0.25) is 0 Å². The minimum atomic E-state index is -0.806. The first kappa shape index (κ1) is 19.8. The van der Waals surface area contributed by atoms with E-state index in [2.05, 4.69) is 31.9 Å². The molecule has 1 aromatic carbocycles. The quantitative estimate of drug-likeness (QED) is 0.825. The average Bonchev–Trinajstić information content (AvgIpc) is 2.73. The molecule has 8 nitrogen and oxygen atoms in total. The van der Waals surface area contributed by atoms with Gasteiger partial charge in [-0.3, -0.25) is 9.69 Å². The highest BCUT2D eigenvalue weighted by molar-refractivity contribution is 5.86. The van der Waals surface area contributed by atoms with Crippen molar-refractivity contribution in [2.75, 3.05) is 57.8 Å². The Balaban J connectivity index is 1.39. The predicted molar refractivity (Wildman–Crippen MR) is 111 cm³/mol. The smallest absolute Gasteiger partial charge is 0.224 e. The van der Waals surface area contributed by atoms with Crippen LogP contribution in [0.5, 0.6) is 5.88 Å². The molecule has 1 unspecified atom stereocenters. The zero-order valence-corrected chi connectivity index (χ0v) is 17.2. The van der Waals surface area contributed by atoms with Gasteiger partial charge in [0.05, 0.1) is 30.2 Å². The maximum atomic E-state index is 11.7. The molecule has 29 heavy (non-hydrogen) atoms. The van der Waals surface area contributed by atoms with Gasteiger partial charge in [0.25, 0.3) is 0 Å². The molecular weight excluding hydrogens is 370 g/mol. The number of benzene rings is 1. The number of aromatic nitrogens is 2. The Labute approximate surface area is 171 Å². The lowest BCUT2D eigenvalue weighted by Gasteiger charge is -2.44. The molecule has 8 heteroatoms. The van der Waals surface area contributed by atoms with Gasteiger partial charge in [0.2, 0.25) is 11.8 Å². The summed E-state index contributed by atoms with van der Waals surface area (Å²) in [6.45, 7) is 6.90. The number of hydrogen-bond donors (Lipinski definition) is 1. The summed E-state index contributed by atoms with van der Waals surface area (Å²) in [4.78, 5) is 26.6. The number of piperidine rings is 1. The number of rotatable bonds is 4. The van der Waals surface area contributed by atoms with Crippen LogP contribution in [0.1, 0.15) is 19.8 Å². The second kappa shape index (κ2) is 8.12. The number of β-amino-alcohol motifs (C(OH)–C–C–N with tert-alkyl or cyclic N) is 1. The molecule has 1 amide bonds. The predicted octanol–water partition coefficient (Wildman–Crippen LogP) is 1.13. The van der Waals surface area contributed by atoms with E-state index in [1.807, 2.05) is 6.07 Å². The molecule has 4 rings (SSSR count). The number of methoxy groups -OCH3 is 1. The number of piperazine rings is 1. The van der Waals surface area contributed by atoms with Gasteiger partial charge in [0.15, 0.2) is 0 Å². The van der Waals surface area contributed by atoms with Gasteiger partial charge in [-0.05, 0) is 31.0 Å². The van der Waals surface area contributed by atoms with Crippen LogP contribution in [-0.2, 0) is 4.79 Å². The van der Waals surface area contributed by atoms with Crippen molar-refractivity contribution in [1.29, 1.82) is 0 Å². The van der Waals surface area contributed by atoms with Crippen molar-refractivity contribution in [2.24, 2.45) is 0 Å². The fourth-order valence-corrected chi connectivity index (χ4v) is 4.47. The fraction of sp³-hybridized carbons (Fsp3) is 0.571. The Morgan fingerprint density at radius 2 is 2.00 bits per heavy atom. The normalized spacial score (nSPS) is 23.4. The molecule has 3 heterocycles. The maximum Gasteiger partial charge on any atom is 0.224 e. The van der Waals surface area contributed by atoms with E-state index < -0.39 is 5.60 Å². The fourth-order valence-electron chi connectivity index (χ4n) is 4.47. The third-order valence-electron chi connectivity index (χ3n) is 6.03. The molecule has 0 saturated carbocycles. The summed E-state index contributed by atoms with van der Waals surface area (Å²) in [5.41, 5.74) is 1.19. The Hall–Kier alpha value is -2.45. The van der Waals surface area contributed by atoms with Crippen molar-refractivity contribution in [3.63, 3.8) is 0 Å². The lowest BCUT2D eigenvalue weighted by Crippen LogP contribution is -2.58. The van der Waals surface area contributed by atoms with Crippen LogP contribution >= 0.6 is 0 Å². The van der Waals surface area contributed by atoms with Gasteiger partial charge in [0.1, 0.15) is 6.33 Å². The summed E-state index contributed by atoms with van der Waals surface area (Å²) in [5.74, 6) is 0.633. The molecule has 1 N–H and O–H groups in total. The molecule has 2 fully saturated rings. The number of anilines is 1. The van der Waals surface area contributed by atoms with Crippen molar-refractivity contribution >= 4 is 22.5 Å². The molecule has 0 spiro atoms. The highest BCUT2D eigenvalue weighted by Crippen LogP contribution is 2.28. The molecule has 1 atom stereocenters. The van der Waals surface area contributed by atoms with Gasteiger partial charge in [-0.2, -0.15) is 0 Å². The van der Waals surface area contributed by atoms with Gasteiger partial charge in [-0.25, -0.2) is 9.97 Å². The Bertz CT molecular complexity index is 884. The first-order chi connectivity index (χ1) is 14.0. The monoisotopic (exact) mass is 399 g/mol. The number of amides is 1. The first-order valence-corrected chi connectivity index (χ1v) is 10.2. The van der Waals surface area contributed by atoms with Crippen LogP contribution in [0.3, 0.4) is 0 Å². The zero-order valence-electron chi connectivity index (χ0n) is 17.2. The van der Waals surface area contributed by atoms with Crippen molar-refractivity contribution in [2.45, 2.75) is 25.4 Å². The average molecular weight is 399 g/mol. The standard InChI is InChI=1S/C21H29N5O3/c1-16(27)26-7-3-6-21(28,14-26)13-24-8-10-25(11-9-24)17-4-5-19-18(12-17)20(29-2)23-15-22-19/h4-5,12,15,28H,3,6-11,13-14H2,1-2H3. The second-order valence-corrected chi connectivity index (χ2v) is 8.12.